The van der Waals surface area contributed by atoms with E-state index in [1.807, 2.05) is 78.2 Å². The highest BCUT2D eigenvalue weighted by Crippen LogP contribution is 2.26. The van der Waals surface area contributed by atoms with E-state index in [0.717, 1.165) is 44.7 Å². The summed E-state index contributed by atoms with van der Waals surface area (Å²) >= 11 is 1.52. The van der Waals surface area contributed by atoms with Crippen molar-refractivity contribution in [2.24, 2.45) is 0 Å². The molecule has 0 spiro atoms. The molecule has 0 aliphatic rings. The second-order valence-corrected chi connectivity index (χ2v) is 9.84. The lowest BCUT2D eigenvalue weighted by atomic mass is 10.1. The summed E-state index contributed by atoms with van der Waals surface area (Å²) in [7, 11) is 1.63. The van der Waals surface area contributed by atoms with E-state index in [2.05, 4.69) is 45.1 Å². The lowest BCUT2D eigenvalue weighted by Gasteiger charge is -2.13. The number of hydrogen-bond donors (Lipinski definition) is 2. The standard InChI is InChI=1S/C30H29N5O2S/c1-21-19-24(37-2)15-16-26(21)32-29(36)17-18-38-30-34-33-28(35(30)23-11-4-3-5-12-23)20-31-27-14-8-10-22-9-6-7-13-25(22)27/h3-16,19,31H,17-18,20H2,1-2H3,(H,32,36). The van der Waals surface area contributed by atoms with Gasteiger partial charge in [0.1, 0.15) is 5.75 Å². The Morgan fingerprint density at radius 2 is 1.71 bits per heavy atom. The monoisotopic (exact) mass is 523 g/mol. The highest BCUT2D eigenvalue weighted by molar-refractivity contribution is 7.99. The van der Waals surface area contributed by atoms with Crippen LogP contribution >= 0.6 is 11.8 Å². The molecule has 0 saturated carbocycles. The minimum absolute atomic E-state index is 0.0469. The number of aryl methyl sites for hydroxylation is 1. The third kappa shape index (κ3) is 5.81. The van der Waals surface area contributed by atoms with Crippen molar-refractivity contribution in [3.63, 3.8) is 0 Å². The third-order valence-electron chi connectivity index (χ3n) is 6.21. The van der Waals surface area contributed by atoms with E-state index in [9.17, 15) is 4.79 Å². The first-order chi connectivity index (χ1) is 18.6. The first kappa shape index (κ1) is 25.4. The molecule has 0 radical (unpaired) electrons. The van der Waals surface area contributed by atoms with E-state index in [0.29, 0.717) is 18.7 Å². The van der Waals surface area contributed by atoms with Crippen LogP contribution in [0.2, 0.25) is 0 Å². The lowest BCUT2D eigenvalue weighted by molar-refractivity contribution is -0.115. The van der Waals surface area contributed by atoms with Gasteiger partial charge in [-0.15, -0.1) is 10.2 Å². The number of thioether (sulfide) groups is 1. The number of methoxy groups -OCH3 is 1. The number of amides is 1. The topological polar surface area (TPSA) is 81.1 Å². The van der Waals surface area contributed by atoms with Crippen LogP contribution in [0.3, 0.4) is 0 Å². The van der Waals surface area contributed by atoms with E-state index >= 15 is 0 Å². The van der Waals surface area contributed by atoms with Crippen molar-refractivity contribution in [1.82, 2.24) is 14.8 Å². The Hall–Kier alpha value is -4.30. The van der Waals surface area contributed by atoms with Crippen LogP contribution in [-0.2, 0) is 11.3 Å². The van der Waals surface area contributed by atoms with Crippen LogP contribution < -0.4 is 15.4 Å². The van der Waals surface area contributed by atoms with Gasteiger partial charge in [-0.2, -0.15) is 0 Å². The first-order valence-corrected chi connectivity index (χ1v) is 13.4. The quantitative estimate of drug-likeness (QED) is 0.204. The molecule has 1 heterocycles. The molecule has 5 rings (SSSR count). The fourth-order valence-corrected chi connectivity index (χ4v) is 5.16. The predicted octanol–water partition coefficient (Wildman–Crippen LogP) is 6.47. The highest BCUT2D eigenvalue weighted by Gasteiger charge is 2.16. The zero-order valence-corrected chi connectivity index (χ0v) is 22.2. The van der Waals surface area contributed by atoms with Gasteiger partial charge in [0.2, 0.25) is 5.91 Å². The Labute approximate surface area is 226 Å². The van der Waals surface area contributed by atoms with Crippen molar-refractivity contribution in [2.75, 3.05) is 23.5 Å². The van der Waals surface area contributed by atoms with Gasteiger partial charge < -0.3 is 15.4 Å². The normalized spacial score (nSPS) is 10.9. The number of aromatic nitrogens is 3. The molecule has 0 saturated heterocycles. The first-order valence-electron chi connectivity index (χ1n) is 12.4. The molecule has 8 heteroatoms. The van der Waals surface area contributed by atoms with Crippen LogP contribution in [0.4, 0.5) is 11.4 Å². The van der Waals surface area contributed by atoms with Gasteiger partial charge in [0.25, 0.3) is 0 Å². The minimum atomic E-state index is -0.0469. The molecule has 0 aliphatic carbocycles. The van der Waals surface area contributed by atoms with Crippen LogP contribution in [0.15, 0.2) is 96.2 Å². The summed E-state index contributed by atoms with van der Waals surface area (Å²) in [5, 5.41) is 18.6. The van der Waals surface area contributed by atoms with Gasteiger partial charge in [0, 0.05) is 34.6 Å². The Morgan fingerprint density at radius 3 is 2.53 bits per heavy atom. The summed E-state index contributed by atoms with van der Waals surface area (Å²) in [5.74, 6) is 2.09. The molecule has 1 aromatic heterocycles. The number of anilines is 2. The average molecular weight is 524 g/mol. The summed E-state index contributed by atoms with van der Waals surface area (Å²) in [6.07, 6.45) is 0.349. The average Bonchev–Trinajstić information content (AvgIpc) is 3.36. The summed E-state index contributed by atoms with van der Waals surface area (Å²) < 4.78 is 7.29. The van der Waals surface area contributed by atoms with Gasteiger partial charge in [-0.1, -0.05) is 66.4 Å². The van der Waals surface area contributed by atoms with Crippen molar-refractivity contribution < 1.29 is 9.53 Å². The molecule has 4 aromatic carbocycles. The number of carbonyl (C=O) groups excluding carboxylic acids is 1. The SMILES string of the molecule is COc1ccc(NC(=O)CCSc2nnc(CNc3cccc4ccccc34)n2-c2ccccc2)c(C)c1. The number of ether oxygens (including phenoxy) is 1. The number of carbonyl (C=O) groups is 1. The smallest absolute Gasteiger partial charge is 0.225 e. The largest absolute Gasteiger partial charge is 0.497 e. The van der Waals surface area contributed by atoms with Gasteiger partial charge in [-0.05, 0) is 54.3 Å². The van der Waals surface area contributed by atoms with Gasteiger partial charge in [-0.3, -0.25) is 9.36 Å². The molecule has 0 atom stereocenters. The Kier molecular flexibility index (Phi) is 7.89. The molecule has 2 N–H and O–H groups in total. The van der Waals surface area contributed by atoms with E-state index in [-0.39, 0.29) is 5.91 Å². The number of rotatable bonds is 10. The number of nitrogens with zero attached hydrogens (tertiary/aromatic N) is 3. The van der Waals surface area contributed by atoms with Crippen molar-refractivity contribution in [3.05, 3.63) is 102 Å². The number of nitrogens with one attached hydrogen (secondary N) is 2. The van der Waals surface area contributed by atoms with Crippen molar-refractivity contribution in [1.29, 1.82) is 0 Å². The van der Waals surface area contributed by atoms with E-state index in [1.165, 1.54) is 17.1 Å². The van der Waals surface area contributed by atoms with Crippen LogP contribution in [0.5, 0.6) is 5.75 Å². The van der Waals surface area contributed by atoms with Crippen molar-refractivity contribution in [3.8, 4) is 11.4 Å². The van der Waals surface area contributed by atoms with E-state index < -0.39 is 0 Å². The molecular weight excluding hydrogens is 494 g/mol. The number of fused-ring (bicyclic) bond motifs is 1. The summed E-state index contributed by atoms with van der Waals surface area (Å²) in [4.78, 5) is 12.6. The fourth-order valence-electron chi connectivity index (χ4n) is 4.25. The molecule has 5 aromatic rings. The maximum atomic E-state index is 12.6. The Bertz CT molecular complexity index is 1550. The number of para-hydroxylation sites is 1. The molecule has 1 amide bonds. The molecule has 7 nitrogen and oxygen atoms in total. The zero-order chi connectivity index (χ0) is 26.3. The Morgan fingerprint density at radius 1 is 0.921 bits per heavy atom. The predicted molar refractivity (Wildman–Crippen MR) is 154 cm³/mol. The molecule has 0 unspecified atom stereocenters. The maximum Gasteiger partial charge on any atom is 0.225 e. The fraction of sp³-hybridized carbons (Fsp3) is 0.167. The second-order valence-electron chi connectivity index (χ2n) is 8.78. The van der Waals surface area contributed by atoms with E-state index in [1.54, 1.807) is 7.11 Å². The summed E-state index contributed by atoms with van der Waals surface area (Å²) in [6.45, 7) is 2.46. The van der Waals surface area contributed by atoms with Crippen LogP contribution in [0.25, 0.3) is 16.5 Å². The van der Waals surface area contributed by atoms with Crippen molar-refractivity contribution >= 4 is 39.8 Å². The Balaban J connectivity index is 1.28. The third-order valence-corrected chi connectivity index (χ3v) is 7.14. The highest BCUT2D eigenvalue weighted by atomic mass is 32.2. The summed E-state index contributed by atoms with van der Waals surface area (Å²) in [5.41, 5.74) is 3.77. The molecule has 0 bridgehead atoms. The van der Waals surface area contributed by atoms with Gasteiger partial charge in [0.05, 0.1) is 13.7 Å². The molecule has 192 valence electrons. The van der Waals surface area contributed by atoms with Crippen LogP contribution in [0, 0.1) is 6.92 Å². The summed E-state index contributed by atoms with van der Waals surface area (Å²) in [6, 6.07) is 30.2. The molecule has 38 heavy (non-hydrogen) atoms. The maximum absolute atomic E-state index is 12.6. The van der Waals surface area contributed by atoms with Crippen molar-refractivity contribution in [2.45, 2.75) is 25.0 Å². The van der Waals surface area contributed by atoms with Gasteiger partial charge in [-0.25, -0.2) is 0 Å². The second kappa shape index (κ2) is 11.8. The number of hydrogen-bond acceptors (Lipinski definition) is 6. The number of benzene rings is 4. The molecule has 0 aliphatic heterocycles. The van der Waals surface area contributed by atoms with Gasteiger partial charge in [0.15, 0.2) is 11.0 Å². The van der Waals surface area contributed by atoms with Gasteiger partial charge >= 0.3 is 0 Å². The van der Waals surface area contributed by atoms with E-state index in [4.69, 9.17) is 4.74 Å². The van der Waals surface area contributed by atoms with Crippen LogP contribution in [-0.4, -0.2) is 33.5 Å². The molecule has 0 fully saturated rings. The molecular formula is C30H29N5O2S. The van der Waals surface area contributed by atoms with Crippen LogP contribution in [0.1, 0.15) is 17.8 Å². The zero-order valence-electron chi connectivity index (χ0n) is 21.3. The minimum Gasteiger partial charge on any atom is -0.497 e. The lowest BCUT2D eigenvalue weighted by Crippen LogP contribution is -2.13.